The van der Waals surface area contributed by atoms with Gasteiger partial charge >= 0.3 is 0 Å². The van der Waals surface area contributed by atoms with Crippen molar-refractivity contribution >= 4 is 5.69 Å². The lowest BCUT2D eigenvalue weighted by molar-refractivity contribution is 0.240. The average molecular weight is 247 g/mol. The van der Waals surface area contributed by atoms with Crippen molar-refractivity contribution in [2.24, 2.45) is 0 Å². The minimum atomic E-state index is 0.279. The number of aliphatic hydroxyl groups is 1. The largest absolute Gasteiger partial charge is 0.394 e. The van der Waals surface area contributed by atoms with Crippen LogP contribution in [-0.2, 0) is 12.8 Å². The number of aliphatic hydroxyl groups excluding tert-OH is 1. The van der Waals surface area contributed by atoms with Crippen LogP contribution >= 0.6 is 0 Å². The van der Waals surface area contributed by atoms with Crippen molar-refractivity contribution < 1.29 is 5.11 Å². The minimum absolute atomic E-state index is 0.279. The van der Waals surface area contributed by atoms with Gasteiger partial charge in [0, 0.05) is 12.2 Å². The standard InChI is InChI=1S/C16H25NO/c1-3-13-8-7-9-14(4-2)16(13)17-11-6-5-10-15(17)12-18/h7-9,15,18H,3-6,10-12H2,1-2H3. The Labute approximate surface area is 111 Å². The number of piperidine rings is 1. The summed E-state index contributed by atoms with van der Waals surface area (Å²) >= 11 is 0. The van der Waals surface area contributed by atoms with E-state index >= 15 is 0 Å². The highest BCUT2D eigenvalue weighted by Crippen LogP contribution is 2.32. The molecule has 1 saturated heterocycles. The SMILES string of the molecule is CCc1cccc(CC)c1N1CCCCC1CO. The smallest absolute Gasteiger partial charge is 0.0635 e. The molecule has 0 aromatic heterocycles. The van der Waals surface area contributed by atoms with Crippen LogP contribution in [0.2, 0.25) is 0 Å². The first-order valence-corrected chi connectivity index (χ1v) is 7.30. The second-order valence-electron chi connectivity index (χ2n) is 5.16. The third kappa shape index (κ3) is 2.54. The van der Waals surface area contributed by atoms with Gasteiger partial charge in [0.05, 0.1) is 12.6 Å². The number of aryl methyl sites for hydroxylation is 2. The van der Waals surface area contributed by atoms with Gasteiger partial charge in [-0.3, -0.25) is 0 Å². The highest BCUT2D eigenvalue weighted by Gasteiger charge is 2.24. The molecule has 1 heterocycles. The Morgan fingerprint density at radius 2 is 1.83 bits per heavy atom. The van der Waals surface area contributed by atoms with Crippen LogP contribution in [0, 0.1) is 0 Å². The summed E-state index contributed by atoms with van der Waals surface area (Å²) in [5, 5.41) is 9.61. The molecule has 0 aliphatic carbocycles. The fourth-order valence-electron chi connectivity index (χ4n) is 3.07. The molecule has 1 atom stereocenters. The minimum Gasteiger partial charge on any atom is -0.394 e. The lowest BCUT2D eigenvalue weighted by Gasteiger charge is -2.39. The monoisotopic (exact) mass is 247 g/mol. The normalized spacial score (nSPS) is 20.2. The molecule has 100 valence electrons. The fourth-order valence-corrected chi connectivity index (χ4v) is 3.07. The molecule has 2 heteroatoms. The molecule has 1 fully saturated rings. The van der Waals surface area contributed by atoms with E-state index in [1.807, 2.05) is 0 Å². The number of para-hydroxylation sites is 1. The van der Waals surface area contributed by atoms with E-state index in [1.165, 1.54) is 29.7 Å². The maximum absolute atomic E-state index is 9.61. The van der Waals surface area contributed by atoms with Gasteiger partial charge in [-0.05, 0) is 43.2 Å². The van der Waals surface area contributed by atoms with E-state index in [0.29, 0.717) is 6.04 Å². The van der Waals surface area contributed by atoms with Crippen LogP contribution < -0.4 is 4.90 Å². The van der Waals surface area contributed by atoms with E-state index < -0.39 is 0 Å². The van der Waals surface area contributed by atoms with Crippen LogP contribution in [0.5, 0.6) is 0 Å². The van der Waals surface area contributed by atoms with Crippen LogP contribution in [0.25, 0.3) is 0 Å². The Hall–Kier alpha value is -1.02. The quantitative estimate of drug-likeness (QED) is 0.883. The lowest BCUT2D eigenvalue weighted by atomic mass is 9.96. The number of anilines is 1. The number of hydrogen-bond donors (Lipinski definition) is 1. The first kappa shape index (κ1) is 13.4. The summed E-state index contributed by atoms with van der Waals surface area (Å²) < 4.78 is 0. The van der Waals surface area contributed by atoms with Crippen molar-refractivity contribution in [2.45, 2.75) is 52.0 Å². The molecule has 0 radical (unpaired) electrons. The van der Waals surface area contributed by atoms with Crippen molar-refractivity contribution in [3.63, 3.8) is 0 Å². The van der Waals surface area contributed by atoms with Gasteiger partial charge in [0.1, 0.15) is 0 Å². The molecular weight excluding hydrogens is 222 g/mol. The number of rotatable bonds is 4. The van der Waals surface area contributed by atoms with Gasteiger partial charge in [0.2, 0.25) is 0 Å². The molecule has 0 spiro atoms. The van der Waals surface area contributed by atoms with E-state index in [1.54, 1.807) is 0 Å². The van der Waals surface area contributed by atoms with Crippen LogP contribution in [0.3, 0.4) is 0 Å². The van der Waals surface area contributed by atoms with Gasteiger partial charge in [-0.25, -0.2) is 0 Å². The number of benzene rings is 1. The topological polar surface area (TPSA) is 23.5 Å². The van der Waals surface area contributed by atoms with Crippen LogP contribution in [0.4, 0.5) is 5.69 Å². The Bertz CT molecular complexity index is 366. The third-order valence-electron chi connectivity index (χ3n) is 4.09. The van der Waals surface area contributed by atoms with Gasteiger partial charge < -0.3 is 10.0 Å². The fraction of sp³-hybridized carbons (Fsp3) is 0.625. The van der Waals surface area contributed by atoms with Crippen LogP contribution in [0.15, 0.2) is 18.2 Å². The van der Waals surface area contributed by atoms with E-state index in [2.05, 4.69) is 36.9 Å². The van der Waals surface area contributed by atoms with Crippen LogP contribution in [-0.4, -0.2) is 24.3 Å². The molecule has 1 aliphatic rings. The Morgan fingerprint density at radius 3 is 2.39 bits per heavy atom. The second kappa shape index (κ2) is 6.24. The summed E-state index contributed by atoms with van der Waals surface area (Å²) in [4.78, 5) is 2.46. The van der Waals surface area contributed by atoms with Crippen LogP contribution in [0.1, 0.15) is 44.2 Å². The maximum Gasteiger partial charge on any atom is 0.0635 e. The van der Waals surface area contributed by atoms with E-state index in [9.17, 15) is 5.11 Å². The third-order valence-corrected chi connectivity index (χ3v) is 4.09. The van der Waals surface area contributed by atoms with Crippen molar-refractivity contribution in [1.82, 2.24) is 0 Å². The highest BCUT2D eigenvalue weighted by molar-refractivity contribution is 5.61. The first-order chi connectivity index (χ1) is 8.81. The van der Waals surface area contributed by atoms with Gasteiger partial charge in [-0.15, -0.1) is 0 Å². The molecule has 2 nitrogen and oxygen atoms in total. The summed E-state index contributed by atoms with van der Waals surface area (Å²) in [6.45, 7) is 5.81. The molecule has 2 rings (SSSR count). The molecule has 1 aromatic rings. The van der Waals surface area contributed by atoms with Crippen molar-refractivity contribution in [3.05, 3.63) is 29.3 Å². The molecule has 0 amide bonds. The van der Waals surface area contributed by atoms with E-state index in [-0.39, 0.29) is 6.61 Å². The molecule has 18 heavy (non-hydrogen) atoms. The van der Waals surface area contributed by atoms with E-state index in [0.717, 1.165) is 25.8 Å². The number of nitrogens with zero attached hydrogens (tertiary/aromatic N) is 1. The van der Waals surface area contributed by atoms with Crippen molar-refractivity contribution in [1.29, 1.82) is 0 Å². The van der Waals surface area contributed by atoms with Gasteiger partial charge in [-0.2, -0.15) is 0 Å². The van der Waals surface area contributed by atoms with Crippen molar-refractivity contribution in [3.8, 4) is 0 Å². The zero-order valence-corrected chi connectivity index (χ0v) is 11.7. The predicted octanol–water partition coefficient (Wildman–Crippen LogP) is 3.16. The first-order valence-electron chi connectivity index (χ1n) is 7.30. The summed E-state index contributed by atoms with van der Waals surface area (Å²) in [6.07, 6.45) is 5.75. The van der Waals surface area contributed by atoms with Crippen molar-refractivity contribution in [2.75, 3.05) is 18.1 Å². The number of hydrogen-bond acceptors (Lipinski definition) is 2. The van der Waals surface area contributed by atoms with Gasteiger partial charge in [0.15, 0.2) is 0 Å². The molecule has 1 N–H and O–H groups in total. The maximum atomic E-state index is 9.61. The Morgan fingerprint density at radius 1 is 1.17 bits per heavy atom. The Kier molecular flexibility index (Phi) is 4.65. The molecule has 1 unspecified atom stereocenters. The van der Waals surface area contributed by atoms with Gasteiger partial charge in [0.25, 0.3) is 0 Å². The second-order valence-corrected chi connectivity index (χ2v) is 5.16. The molecule has 1 aromatic carbocycles. The average Bonchev–Trinajstić information content (AvgIpc) is 2.46. The summed E-state index contributed by atoms with van der Waals surface area (Å²) in [5.41, 5.74) is 4.26. The highest BCUT2D eigenvalue weighted by atomic mass is 16.3. The predicted molar refractivity (Wildman–Crippen MR) is 77.3 cm³/mol. The molecular formula is C16H25NO. The lowest BCUT2D eigenvalue weighted by Crippen LogP contribution is -2.42. The van der Waals surface area contributed by atoms with Gasteiger partial charge in [-0.1, -0.05) is 32.0 Å². The summed E-state index contributed by atoms with van der Waals surface area (Å²) in [5.74, 6) is 0. The van der Waals surface area contributed by atoms with E-state index in [4.69, 9.17) is 0 Å². The molecule has 0 saturated carbocycles. The summed E-state index contributed by atoms with van der Waals surface area (Å²) in [6, 6.07) is 6.95. The summed E-state index contributed by atoms with van der Waals surface area (Å²) in [7, 11) is 0. The molecule has 1 aliphatic heterocycles. The molecule has 0 bridgehead atoms. The Balaban J connectivity index is 2.40. The zero-order chi connectivity index (χ0) is 13.0. The zero-order valence-electron chi connectivity index (χ0n) is 11.7.